The maximum absolute atomic E-state index is 12.3. The topological polar surface area (TPSA) is 77.8 Å². The van der Waals surface area contributed by atoms with Gasteiger partial charge in [-0.25, -0.2) is 9.48 Å². The Bertz CT molecular complexity index is 1470. The molecule has 4 aromatic rings. The molecule has 3 unspecified atom stereocenters. The van der Waals surface area contributed by atoms with Gasteiger partial charge in [0.1, 0.15) is 23.6 Å². The molecule has 6 rings (SSSR count). The van der Waals surface area contributed by atoms with E-state index in [0.717, 1.165) is 61.8 Å². The molecule has 0 spiro atoms. The van der Waals surface area contributed by atoms with Crippen LogP contribution < -0.4 is 14.8 Å². The predicted octanol–water partition coefficient (Wildman–Crippen LogP) is 5.68. The summed E-state index contributed by atoms with van der Waals surface area (Å²) in [5.41, 5.74) is 4.33. The normalized spacial score (nSPS) is 19.6. The molecule has 0 bridgehead atoms. The van der Waals surface area contributed by atoms with E-state index in [1.54, 1.807) is 7.11 Å². The summed E-state index contributed by atoms with van der Waals surface area (Å²) in [5.74, 6) is 1.98. The monoisotopic (exact) mass is 566 g/mol. The summed E-state index contributed by atoms with van der Waals surface area (Å²) < 4.78 is 18.9. The van der Waals surface area contributed by atoms with E-state index in [0.29, 0.717) is 5.92 Å². The van der Waals surface area contributed by atoms with Crippen molar-refractivity contribution in [3.8, 4) is 17.2 Å². The first-order valence-corrected chi connectivity index (χ1v) is 14.6. The first-order chi connectivity index (χ1) is 20.6. The quantitative estimate of drug-likeness (QED) is 0.234. The molecule has 42 heavy (non-hydrogen) atoms. The third kappa shape index (κ3) is 6.77. The third-order valence-electron chi connectivity index (χ3n) is 8.16. The lowest BCUT2D eigenvalue weighted by Crippen LogP contribution is -2.44. The van der Waals surface area contributed by atoms with Crippen molar-refractivity contribution in [3.05, 3.63) is 102 Å². The summed E-state index contributed by atoms with van der Waals surface area (Å²) in [7, 11) is 3.12. The smallest absolute Gasteiger partial charge is 0.328 e. The third-order valence-corrected chi connectivity index (χ3v) is 8.16. The lowest BCUT2D eigenvalue weighted by atomic mass is 9.90. The number of rotatable bonds is 11. The SMILES string of the molecule is COC(=O)C(Nc1cccc(OC2CC(c3cnn(-c4ccc(OC)cc4)c3)CN(Cc3ccccc3)C2)c1)C1CC1. The van der Waals surface area contributed by atoms with Crippen LogP contribution in [0.1, 0.15) is 36.3 Å². The van der Waals surface area contributed by atoms with Crippen molar-refractivity contribution in [3.63, 3.8) is 0 Å². The summed E-state index contributed by atoms with van der Waals surface area (Å²) in [6.45, 7) is 2.60. The molecule has 3 atom stereocenters. The number of hydrogen-bond acceptors (Lipinski definition) is 7. The first-order valence-electron chi connectivity index (χ1n) is 14.6. The Balaban J connectivity index is 1.19. The average molecular weight is 567 g/mol. The average Bonchev–Trinajstić information content (AvgIpc) is 3.75. The highest BCUT2D eigenvalue weighted by Crippen LogP contribution is 2.36. The van der Waals surface area contributed by atoms with Crippen molar-refractivity contribution in [1.29, 1.82) is 0 Å². The van der Waals surface area contributed by atoms with Crippen molar-refractivity contribution in [2.75, 3.05) is 32.6 Å². The van der Waals surface area contributed by atoms with Gasteiger partial charge in [-0.05, 0) is 72.7 Å². The summed E-state index contributed by atoms with van der Waals surface area (Å²) in [4.78, 5) is 14.8. The molecule has 0 radical (unpaired) electrons. The fourth-order valence-electron chi connectivity index (χ4n) is 5.82. The Morgan fingerprint density at radius 1 is 0.976 bits per heavy atom. The standard InChI is InChI=1S/C34H38N4O4/c1-40-30-15-13-29(14-16-30)38-22-27(19-35-38)26-17-32(23-37(21-26)20-24-7-4-3-5-8-24)42-31-10-6-9-28(18-31)36-33(25-11-12-25)34(39)41-2/h3-10,13-16,18-19,22,25-26,32-33,36H,11-12,17,20-21,23H2,1-2H3. The van der Waals surface area contributed by atoms with Gasteiger partial charge < -0.3 is 19.5 Å². The number of methoxy groups -OCH3 is 2. The predicted molar refractivity (Wildman–Crippen MR) is 162 cm³/mol. The summed E-state index contributed by atoms with van der Waals surface area (Å²) in [6.07, 6.45) is 7.06. The van der Waals surface area contributed by atoms with Crippen LogP contribution in [0.3, 0.4) is 0 Å². The zero-order valence-corrected chi connectivity index (χ0v) is 24.2. The van der Waals surface area contributed by atoms with Gasteiger partial charge in [0.2, 0.25) is 0 Å². The molecule has 1 aliphatic carbocycles. The lowest BCUT2D eigenvalue weighted by molar-refractivity contribution is -0.142. The number of hydrogen-bond donors (Lipinski definition) is 1. The number of benzene rings is 3. The number of piperidine rings is 1. The van der Waals surface area contributed by atoms with Crippen molar-refractivity contribution in [1.82, 2.24) is 14.7 Å². The number of aromatic nitrogens is 2. The van der Waals surface area contributed by atoms with Crippen LogP contribution in [0.5, 0.6) is 11.5 Å². The maximum atomic E-state index is 12.3. The second-order valence-corrected chi connectivity index (χ2v) is 11.3. The minimum Gasteiger partial charge on any atom is -0.497 e. The minimum atomic E-state index is -0.326. The zero-order chi connectivity index (χ0) is 28.9. The van der Waals surface area contributed by atoms with Gasteiger partial charge in [-0.15, -0.1) is 0 Å². The molecule has 1 saturated heterocycles. The molecule has 0 amide bonds. The number of esters is 1. The highest BCUT2D eigenvalue weighted by molar-refractivity contribution is 5.80. The van der Waals surface area contributed by atoms with Crippen LogP contribution in [0.25, 0.3) is 5.69 Å². The van der Waals surface area contributed by atoms with Gasteiger partial charge >= 0.3 is 5.97 Å². The number of nitrogens with zero attached hydrogens (tertiary/aromatic N) is 3. The van der Waals surface area contributed by atoms with Crippen LogP contribution in [-0.2, 0) is 16.1 Å². The van der Waals surface area contributed by atoms with Crippen LogP contribution in [0.15, 0.2) is 91.3 Å². The molecule has 8 nitrogen and oxygen atoms in total. The van der Waals surface area contributed by atoms with Crippen molar-refractivity contribution in [2.45, 2.75) is 43.9 Å². The fraction of sp³-hybridized carbons (Fsp3) is 0.353. The Morgan fingerprint density at radius 3 is 2.52 bits per heavy atom. The molecular weight excluding hydrogens is 528 g/mol. The molecular formula is C34H38N4O4. The number of anilines is 1. The largest absolute Gasteiger partial charge is 0.497 e. The summed E-state index contributed by atoms with van der Waals surface area (Å²) in [6, 6.07) is 26.1. The van der Waals surface area contributed by atoms with Gasteiger partial charge in [-0.3, -0.25) is 4.90 Å². The van der Waals surface area contributed by atoms with Crippen molar-refractivity contribution >= 4 is 11.7 Å². The summed E-state index contributed by atoms with van der Waals surface area (Å²) >= 11 is 0. The molecule has 1 aromatic heterocycles. The van der Waals surface area contributed by atoms with Gasteiger partial charge in [0.15, 0.2) is 0 Å². The molecule has 3 aromatic carbocycles. The van der Waals surface area contributed by atoms with E-state index in [9.17, 15) is 4.79 Å². The Kier molecular flexibility index (Phi) is 8.42. The van der Waals surface area contributed by atoms with Gasteiger partial charge in [0.25, 0.3) is 0 Å². The van der Waals surface area contributed by atoms with Gasteiger partial charge in [0.05, 0.1) is 26.1 Å². The number of carbonyl (C=O) groups excluding carboxylic acids is 1. The van der Waals surface area contributed by atoms with Crippen LogP contribution >= 0.6 is 0 Å². The van der Waals surface area contributed by atoms with E-state index in [1.165, 1.54) is 18.2 Å². The van der Waals surface area contributed by atoms with E-state index in [2.05, 4.69) is 51.8 Å². The number of ether oxygens (including phenoxy) is 3. The van der Waals surface area contributed by atoms with E-state index in [4.69, 9.17) is 14.2 Å². The Labute approximate surface area is 247 Å². The lowest BCUT2D eigenvalue weighted by Gasteiger charge is -2.37. The van der Waals surface area contributed by atoms with E-state index < -0.39 is 0 Å². The van der Waals surface area contributed by atoms with E-state index in [-0.39, 0.29) is 24.0 Å². The molecule has 218 valence electrons. The number of likely N-dealkylation sites (tertiary alicyclic amines) is 1. The minimum absolute atomic E-state index is 0.00751. The maximum Gasteiger partial charge on any atom is 0.328 e. The van der Waals surface area contributed by atoms with E-state index in [1.807, 2.05) is 59.4 Å². The molecule has 2 heterocycles. The molecule has 8 heteroatoms. The van der Waals surface area contributed by atoms with Crippen molar-refractivity contribution < 1.29 is 19.0 Å². The summed E-state index contributed by atoms with van der Waals surface area (Å²) in [5, 5.41) is 8.07. The Hall–Kier alpha value is -4.30. The molecule has 1 aliphatic heterocycles. The van der Waals surface area contributed by atoms with Gasteiger partial charge in [0, 0.05) is 43.5 Å². The van der Waals surface area contributed by atoms with Gasteiger partial charge in [-0.1, -0.05) is 36.4 Å². The van der Waals surface area contributed by atoms with Gasteiger partial charge in [-0.2, -0.15) is 5.10 Å². The Morgan fingerprint density at radius 2 is 1.79 bits per heavy atom. The highest BCUT2D eigenvalue weighted by Gasteiger charge is 2.37. The second kappa shape index (κ2) is 12.7. The van der Waals surface area contributed by atoms with Crippen LogP contribution in [0.4, 0.5) is 5.69 Å². The van der Waals surface area contributed by atoms with Crippen molar-refractivity contribution in [2.24, 2.45) is 5.92 Å². The number of nitrogens with one attached hydrogen (secondary N) is 1. The zero-order valence-electron chi connectivity index (χ0n) is 24.2. The fourth-order valence-corrected chi connectivity index (χ4v) is 5.82. The second-order valence-electron chi connectivity index (χ2n) is 11.3. The van der Waals surface area contributed by atoms with Crippen LogP contribution in [0.2, 0.25) is 0 Å². The van der Waals surface area contributed by atoms with Crippen LogP contribution in [-0.4, -0.2) is 60.1 Å². The van der Waals surface area contributed by atoms with Crippen LogP contribution in [0, 0.1) is 5.92 Å². The number of carbonyl (C=O) groups is 1. The first kappa shape index (κ1) is 27.8. The highest BCUT2D eigenvalue weighted by atomic mass is 16.5. The van der Waals surface area contributed by atoms with E-state index >= 15 is 0 Å². The molecule has 2 aliphatic rings. The molecule has 2 fully saturated rings. The molecule has 1 N–H and O–H groups in total. The molecule has 1 saturated carbocycles.